The molecule has 0 atom stereocenters. The Morgan fingerprint density at radius 3 is 2.37 bits per heavy atom. The van der Waals surface area contributed by atoms with Gasteiger partial charge in [0.2, 0.25) is 11.8 Å². The minimum absolute atomic E-state index is 0.0525. The quantitative estimate of drug-likeness (QED) is 0.593. The van der Waals surface area contributed by atoms with Crippen LogP contribution in [-0.4, -0.2) is 49.3 Å². The number of nitrogens with one attached hydrogen (secondary N) is 3. The van der Waals surface area contributed by atoms with Crippen LogP contribution in [0.5, 0.6) is 0 Å². The monoisotopic (exact) mass is 410 g/mol. The number of anilines is 2. The van der Waals surface area contributed by atoms with Crippen molar-refractivity contribution >= 4 is 29.1 Å². The Morgan fingerprint density at radius 1 is 0.967 bits per heavy atom. The van der Waals surface area contributed by atoms with Crippen LogP contribution in [0.25, 0.3) is 0 Å². The molecular weight excluding hydrogens is 380 g/mol. The molecule has 0 saturated heterocycles. The fourth-order valence-electron chi connectivity index (χ4n) is 2.78. The van der Waals surface area contributed by atoms with E-state index in [4.69, 9.17) is 0 Å². The molecule has 30 heavy (non-hydrogen) atoms. The Bertz CT molecular complexity index is 894. The topological polar surface area (TPSA) is 90.5 Å². The number of benzene rings is 2. The smallest absolute Gasteiger partial charge is 0.251 e. The lowest BCUT2D eigenvalue weighted by molar-refractivity contribution is -0.128. The van der Waals surface area contributed by atoms with Crippen molar-refractivity contribution in [1.29, 1.82) is 0 Å². The van der Waals surface area contributed by atoms with Gasteiger partial charge < -0.3 is 20.9 Å². The predicted molar refractivity (Wildman–Crippen MR) is 120 cm³/mol. The van der Waals surface area contributed by atoms with Crippen LogP contribution < -0.4 is 16.0 Å². The van der Waals surface area contributed by atoms with Crippen LogP contribution in [0.3, 0.4) is 0 Å². The molecule has 0 fully saturated rings. The van der Waals surface area contributed by atoms with E-state index in [1.165, 1.54) is 0 Å². The van der Waals surface area contributed by atoms with E-state index in [0.717, 1.165) is 5.56 Å². The summed E-state index contributed by atoms with van der Waals surface area (Å²) < 4.78 is 0. The Balaban J connectivity index is 1.88. The van der Waals surface area contributed by atoms with Crippen molar-refractivity contribution in [1.82, 2.24) is 10.2 Å². The molecule has 0 spiro atoms. The minimum Gasteiger partial charge on any atom is -0.376 e. The third-order valence-electron chi connectivity index (χ3n) is 4.33. The highest BCUT2D eigenvalue weighted by atomic mass is 16.2. The molecule has 2 aromatic carbocycles. The molecule has 0 heterocycles. The number of carbonyl (C=O) groups is 3. The van der Waals surface area contributed by atoms with E-state index >= 15 is 0 Å². The van der Waals surface area contributed by atoms with Gasteiger partial charge in [-0.1, -0.05) is 18.2 Å². The number of hydrogen-bond donors (Lipinski definition) is 3. The van der Waals surface area contributed by atoms with Gasteiger partial charge in [-0.2, -0.15) is 0 Å². The number of rotatable bonds is 9. The third kappa shape index (κ3) is 7.58. The molecule has 3 N–H and O–H groups in total. The number of carbonyl (C=O) groups excluding carboxylic acids is 3. The molecule has 0 saturated carbocycles. The van der Waals surface area contributed by atoms with Gasteiger partial charge in [0.05, 0.1) is 6.54 Å². The van der Waals surface area contributed by atoms with Crippen LogP contribution in [0, 0.1) is 0 Å². The van der Waals surface area contributed by atoms with Gasteiger partial charge in [0.25, 0.3) is 5.91 Å². The first-order chi connectivity index (χ1) is 14.2. The van der Waals surface area contributed by atoms with Crippen molar-refractivity contribution in [3.63, 3.8) is 0 Å². The van der Waals surface area contributed by atoms with Crippen molar-refractivity contribution in [2.24, 2.45) is 0 Å². The lowest BCUT2D eigenvalue weighted by Gasteiger charge is -2.12. The van der Waals surface area contributed by atoms with Crippen LogP contribution in [0.2, 0.25) is 0 Å². The van der Waals surface area contributed by atoms with Gasteiger partial charge in [-0.3, -0.25) is 14.4 Å². The third-order valence-corrected chi connectivity index (χ3v) is 4.33. The summed E-state index contributed by atoms with van der Waals surface area (Å²) >= 11 is 0. The molecule has 2 aromatic rings. The van der Waals surface area contributed by atoms with Crippen molar-refractivity contribution < 1.29 is 14.4 Å². The van der Waals surface area contributed by atoms with Gasteiger partial charge in [0, 0.05) is 43.5 Å². The van der Waals surface area contributed by atoms with Crippen molar-refractivity contribution in [3.8, 4) is 0 Å². The van der Waals surface area contributed by atoms with E-state index in [2.05, 4.69) is 16.0 Å². The van der Waals surface area contributed by atoms with E-state index < -0.39 is 0 Å². The first-order valence-corrected chi connectivity index (χ1v) is 9.98. The molecule has 0 aliphatic carbocycles. The summed E-state index contributed by atoms with van der Waals surface area (Å²) in [5.41, 5.74) is 2.90. The lowest BCUT2D eigenvalue weighted by Crippen LogP contribution is -2.30. The molecule has 0 aliphatic rings. The van der Waals surface area contributed by atoms with Crippen molar-refractivity contribution in [3.05, 3.63) is 59.7 Å². The summed E-state index contributed by atoms with van der Waals surface area (Å²) in [4.78, 5) is 37.7. The van der Waals surface area contributed by atoms with Crippen molar-refractivity contribution in [2.75, 3.05) is 31.3 Å². The average Bonchev–Trinajstić information content (AvgIpc) is 2.70. The number of aryl methyl sites for hydroxylation is 1. The molecule has 2 rings (SSSR count). The second-order valence-electron chi connectivity index (χ2n) is 7.60. The van der Waals surface area contributed by atoms with Gasteiger partial charge in [0.1, 0.15) is 0 Å². The Morgan fingerprint density at radius 2 is 1.67 bits per heavy atom. The molecule has 0 unspecified atom stereocenters. The normalized spacial score (nSPS) is 10.4. The zero-order valence-electron chi connectivity index (χ0n) is 18.0. The van der Waals surface area contributed by atoms with E-state index in [1.54, 1.807) is 37.2 Å². The zero-order chi connectivity index (χ0) is 22.1. The summed E-state index contributed by atoms with van der Waals surface area (Å²) in [6.07, 6.45) is 1.04. The maximum Gasteiger partial charge on any atom is 0.251 e. The summed E-state index contributed by atoms with van der Waals surface area (Å²) in [5, 5.41) is 8.73. The van der Waals surface area contributed by atoms with Crippen LogP contribution >= 0.6 is 0 Å². The van der Waals surface area contributed by atoms with Crippen LogP contribution in [0.4, 0.5) is 11.4 Å². The standard InChI is InChI=1S/C23H30N4O3/c1-16(2)25-23(30)18-8-6-9-19(14-18)24-15-21(28)26-20-10-5-7-17(13-20)11-12-22(29)27(3)4/h5-10,13-14,16,24H,11-12,15H2,1-4H3,(H,25,30)(H,26,28). The summed E-state index contributed by atoms with van der Waals surface area (Å²) in [6, 6.07) is 14.6. The van der Waals surface area contributed by atoms with Gasteiger partial charge in [0.15, 0.2) is 0 Å². The second-order valence-corrected chi connectivity index (χ2v) is 7.60. The highest BCUT2D eigenvalue weighted by Crippen LogP contribution is 2.14. The molecule has 3 amide bonds. The highest BCUT2D eigenvalue weighted by Gasteiger charge is 2.09. The van der Waals surface area contributed by atoms with Crippen LogP contribution in [0.1, 0.15) is 36.2 Å². The van der Waals surface area contributed by atoms with E-state index in [1.807, 2.05) is 44.2 Å². The first-order valence-electron chi connectivity index (χ1n) is 9.98. The summed E-state index contributed by atoms with van der Waals surface area (Å²) in [7, 11) is 3.47. The largest absolute Gasteiger partial charge is 0.376 e. The second kappa shape index (κ2) is 11.0. The van der Waals surface area contributed by atoms with Gasteiger partial charge in [-0.05, 0) is 56.2 Å². The molecule has 0 aromatic heterocycles. The van der Waals surface area contributed by atoms with E-state index in [9.17, 15) is 14.4 Å². The fraction of sp³-hybridized carbons (Fsp3) is 0.348. The van der Waals surface area contributed by atoms with Gasteiger partial charge in [-0.15, -0.1) is 0 Å². The molecule has 7 nitrogen and oxygen atoms in total. The lowest BCUT2D eigenvalue weighted by atomic mass is 10.1. The van der Waals surface area contributed by atoms with Crippen LogP contribution in [0.15, 0.2) is 48.5 Å². The van der Waals surface area contributed by atoms with Crippen LogP contribution in [-0.2, 0) is 16.0 Å². The Kier molecular flexibility index (Phi) is 8.41. The minimum atomic E-state index is -0.200. The summed E-state index contributed by atoms with van der Waals surface area (Å²) in [6.45, 7) is 3.87. The Labute approximate surface area is 177 Å². The maximum atomic E-state index is 12.3. The van der Waals surface area contributed by atoms with Gasteiger partial charge in [-0.25, -0.2) is 0 Å². The molecule has 0 bridgehead atoms. The van der Waals surface area contributed by atoms with Crippen molar-refractivity contribution in [2.45, 2.75) is 32.7 Å². The number of hydrogen-bond acceptors (Lipinski definition) is 4. The maximum absolute atomic E-state index is 12.3. The molecular formula is C23H30N4O3. The highest BCUT2D eigenvalue weighted by molar-refractivity contribution is 5.96. The van der Waals surface area contributed by atoms with Gasteiger partial charge >= 0.3 is 0 Å². The van der Waals surface area contributed by atoms with E-state index in [-0.39, 0.29) is 30.3 Å². The molecule has 0 aliphatic heterocycles. The number of nitrogens with zero attached hydrogens (tertiary/aromatic N) is 1. The summed E-state index contributed by atoms with van der Waals surface area (Å²) in [5.74, 6) is -0.283. The average molecular weight is 411 g/mol. The first kappa shape index (κ1) is 22.9. The molecule has 0 radical (unpaired) electrons. The SMILES string of the molecule is CC(C)NC(=O)c1cccc(NCC(=O)Nc2cccc(CCC(=O)N(C)C)c2)c1. The van der Waals surface area contributed by atoms with E-state index in [0.29, 0.717) is 29.8 Å². The predicted octanol–water partition coefficient (Wildman–Crippen LogP) is 2.90. The Hall–Kier alpha value is -3.35. The number of amides is 3. The fourth-order valence-corrected chi connectivity index (χ4v) is 2.78. The molecule has 160 valence electrons. The molecule has 7 heteroatoms. The zero-order valence-corrected chi connectivity index (χ0v) is 18.0.